The lowest BCUT2D eigenvalue weighted by Crippen LogP contribution is -2.30. The minimum Gasteiger partial charge on any atom is -0.393 e. The maximum Gasteiger partial charge on any atom is 0.349 e. The Morgan fingerprint density at radius 1 is 1.37 bits per heavy atom. The number of H-pyrrole nitrogens is 1. The van der Waals surface area contributed by atoms with Gasteiger partial charge in [0.1, 0.15) is 6.20 Å². The van der Waals surface area contributed by atoms with Crippen molar-refractivity contribution in [1.82, 2.24) is 14.8 Å². The molecule has 0 aliphatic heterocycles. The van der Waals surface area contributed by atoms with E-state index < -0.39 is 11.2 Å². The van der Waals surface area contributed by atoms with Gasteiger partial charge in [-0.1, -0.05) is 31.3 Å². The summed E-state index contributed by atoms with van der Waals surface area (Å²) in [4.78, 5) is 25.1. The molecule has 0 saturated carbocycles. The summed E-state index contributed by atoms with van der Waals surface area (Å²) in [6, 6.07) is 7.07. The Morgan fingerprint density at radius 3 is 2.53 bits per heavy atom. The fraction of sp³-hybridized carbons (Fsp3) is 0.167. The third-order valence-electron chi connectivity index (χ3n) is 2.78. The molecule has 1 atom stereocenters. The monoisotopic (exact) mass is 276 g/mol. The second-order valence-corrected chi connectivity index (χ2v) is 4.54. The molecule has 0 aliphatic carbocycles. The van der Waals surface area contributed by atoms with E-state index in [0.29, 0.717) is 10.7 Å². The highest BCUT2D eigenvalue weighted by Gasteiger charge is 2.09. The van der Waals surface area contributed by atoms with Crippen molar-refractivity contribution in [2.24, 2.45) is 5.73 Å². The number of hydrogen-bond donors (Lipinski definition) is 2. The van der Waals surface area contributed by atoms with Crippen LogP contribution in [0.4, 0.5) is 0 Å². The SMILES string of the molecule is CC(C(N)=S)c1ccc(-n2ncc(=O)[nH]c2=O)cc1. The van der Waals surface area contributed by atoms with Gasteiger partial charge in [-0.25, -0.2) is 4.79 Å². The van der Waals surface area contributed by atoms with Gasteiger partial charge in [-0.2, -0.15) is 9.78 Å². The Labute approximate surface area is 113 Å². The first-order valence-corrected chi connectivity index (χ1v) is 5.98. The minimum absolute atomic E-state index is 0.0377. The summed E-state index contributed by atoms with van der Waals surface area (Å²) in [6.07, 6.45) is 1.05. The fourth-order valence-corrected chi connectivity index (χ4v) is 1.74. The Kier molecular flexibility index (Phi) is 3.57. The average Bonchev–Trinajstić information content (AvgIpc) is 2.38. The lowest BCUT2D eigenvalue weighted by atomic mass is 10.0. The van der Waals surface area contributed by atoms with Crippen LogP contribution < -0.4 is 17.0 Å². The molecule has 98 valence electrons. The molecular formula is C12H12N4O2S. The van der Waals surface area contributed by atoms with Gasteiger partial charge in [0.05, 0.1) is 10.7 Å². The number of aromatic nitrogens is 3. The van der Waals surface area contributed by atoms with Crippen LogP contribution in [-0.4, -0.2) is 19.8 Å². The molecule has 0 aliphatic rings. The van der Waals surface area contributed by atoms with E-state index in [0.717, 1.165) is 16.4 Å². The number of benzene rings is 1. The number of thiocarbonyl (C=S) groups is 1. The maximum atomic E-state index is 11.6. The first kappa shape index (κ1) is 13.2. The lowest BCUT2D eigenvalue weighted by molar-refractivity contribution is 0.749. The summed E-state index contributed by atoms with van der Waals surface area (Å²) in [5, 5.41) is 3.77. The van der Waals surface area contributed by atoms with E-state index in [9.17, 15) is 9.59 Å². The van der Waals surface area contributed by atoms with Gasteiger partial charge >= 0.3 is 5.69 Å². The quantitative estimate of drug-likeness (QED) is 0.787. The van der Waals surface area contributed by atoms with Crippen molar-refractivity contribution in [3.63, 3.8) is 0 Å². The molecule has 1 aromatic heterocycles. The Hall–Kier alpha value is -2.28. The zero-order valence-corrected chi connectivity index (χ0v) is 11.0. The average molecular weight is 276 g/mol. The van der Waals surface area contributed by atoms with Gasteiger partial charge in [0.25, 0.3) is 5.56 Å². The molecule has 6 nitrogen and oxygen atoms in total. The lowest BCUT2D eigenvalue weighted by Gasteiger charge is -2.10. The van der Waals surface area contributed by atoms with Gasteiger partial charge in [0.2, 0.25) is 0 Å². The molecule has 3 N–H and O–H groups in total. The largest absolute Gasteiger partial charge is 0.393 e. The second-order valence-electron chi connectivity index (χ2n) is 4.07. The van der Waals surface area contributed by atoms with Crippen LogP contribution in [0.3, 0.4) is 0 Å². The van der Waals surface area contributed by atoms with Crippen molar-refractivity contribution in [3.8, 4) is 5.69 Å². The summed E-state index contributed by atoms with van der Waals surface area (Å²) in [5.41, 5.74) is 5.98. The van der Waals surface area contributed by atoms with E-state index >= 15 is 0 Å². The highest BCUT2D eigenvalue weighted by molar-refractivity contribution is 7.80. The van der Waals surface area contributed by atoms with Gasteiger partial charge < -0.3 is 5.73 Å². The number of nitrogens with one attached hydrogen (secondary N) is 1. The summed E-state index contributed by atoms with van der Waals surface area (Å²) in [7, 11) is 0. The zero-order chi connectivity index (χ0) is 14.0. The van der Waals surface area contributed by atoms with Gasteiger partial charge in [-0.05, 0) is 17.7 Å². The first-order chi connectivity index (χ1) is 8.99. The van der Waals surface area contributed by atoms with E-state index in [1.807, 2.05) is 19.1 Å². The first-order valence-electron chi connectivity index (χ1n) is 5.57. The zero-order valence-electron chi connectivity index (χ0n) is 10.2. The van der Waals surface area contributed by atoms with Crippen molar-refractivity contribution in [2.45, 2.75) is 12.8 Å². The van der Waals surface area contributed by atoms with E-state index in [4.69, 9.17) is 18.0 Å². The molecule has 2 aromatic rings. The predicted molar refractivity (Wildman–Crippen MR) is 75.7 cm³/mol. The fourth-order valence-electron chi connectivity index (χ4n) is 1.61. The van der Waals surface area contributed by atoms with Gasteiger partial charge in [-0.3, -0.25) is 9.78 Å². The minimum atomic E-state index is -0.581. The molecule has 0 bridgehead atoms. The van der Waals surface area contributed by atoms with E-state index in [1.54, 1.807) is 12.1 Å². The molecular weight excluding hydrogens is 264 g/mol. The van der Waals surface area contributed by atoms with E-state index in [2.05, 4.69) is 10.1 Å². The second kappa shape index (κ2) is 5.15. The predicted octanol–water partition coefficient (Wildman–Crippen LogP) is 0.310. The summed E-state index contributed by atoms with van der Waals surface area (Å²) in [6.45, 7) is 1.90. The van der Waals surface area contributed by atoms with Crippen molar-refractivity contribution in [1.29, 1.82) is 0 Å². The molecule has 2 rings (SSSR count). The Balaban J connectivity index is 2.40. The van der Waals surface area contributed by atoms with Crippen LogP contribution >= 0.6 is 12.2 Å². The van der Waals surface area contributed by atoms with E-state index in [-0.39, 0.29) is 5.92 Å². The third kappa shape index (κ3) is 2.76. The number of rotatable bonds is 3. The maximum absolute atomic E-state index is 11.6. The van der Waals surface area contributed by atoms with Crippen molar-refractivity contribution >= 4 is 17.2 Å². The molecule has 0 saturated heterocycles. The summed E-state index contributed by atoms with van der Waals surface area (Å²) >= 11 is 4.93. The standard InChI is InChI=1S/C12H12N4O2S/c1-7(11(13)19)8-2-4-9(5-3-8)16-12(18)15-10(17)6-14-16/h2-7H,1H3,(H2,13,19)(H,15,17,18). The molecule has 1 heterocycles. The highest BCUT2D eigenvalue weighted by atomic mass is 32.1. The normalized spacial score (nSPS) is 12.1. The van der Waals surface area contributed by atoms with Crippen LogP contribution in [0.5, 0.6) is 0 Å². The van der Waals surface area contributed by atoms with Gasteiger partial charge in [0.15, 0.2) is 0 Å². The summed E-state index contributed by atoms with van der Waals surface area (Å²) in [5.74, 6) is -0.0377. The molecule has 7 heteroatoms. The van der Waals surface area contributed by atoms with Crippen molar-refractivity contribution < 1.29 is 0 Å². The molecule has 0 fully saturated rings. The number of nitrogens with two attached hydrogens (primary N) is 1. The van der Waals surface area contributed by atoms with Crippen LogP contribution in [0.15, 0.2) is 40.1 Å². The summed E-state index contributed by atoms with van der Waals surface area (Å²) < 4.78 is 1.11. The topological polar surface area (TPSA) is 93.8 Å². The molecule has 1 aromatic carbocycles. The molecule has 0 spiro atoms. The molecule has 1 unspecified atom stereocenters. The number of hydrogen-bond acceptors (Lipinski definition) is 4. The molecule has 0 amide bonds. The Bertz CT molecular complexity index is 717. The third-order valence-corrected chi connectivity index (χ3v) is 3.13. The molecule has 0 radical (unpaired) electrons. The van der Waals surface area contributed by atoms with Crippen LogP contribution in [0, 0.1) is 0 Å². The number of aromatic amines is 1. The van der Waals surface area contributed by atoms with Crippen LogP contribution in [0.1, 0.15) is 18.4 Å². The van der Waals surface area contributed by atoms with Crippen LogP contribution in [-0.2, 0) is 0 Å². The highest BCUT2D eigenvalue weighted by Crippen LogP contribution is 2.16. The van der Waals surface area contributed by atoms with E-state index in [1.165, 1.54) is 0 Å². The van der Waals surface area contributed by atoms with Gasteiger partial charge in [-0.15, -0.1) is 0 Å². The van der Waals surface area contributed by atoms with Gasteiger partial charge in [0, 0.05) is 5.92 Å². The van der Waals surface area contributed by atoms with Crippen molar-refractivity contribution in [3.05, 3.63) is 56.9 Å². The molecule has 19 heavy (non-hydrogen) atoms. The van der Waals surface area contributed by atoms with Crippen LogP contribution in [0.25, 0.3) is 5.69 Å². The number of nitrogens with zero attached hydrogens (tertiary/aromatic N) is 2. The Morgan fingerprint density at radius 2 is 2.00 bits per heavy atom. The smallest absolute Gasteiger partial charge is 0.349 e. The van der Waals surface area contributed by atoms with Crippen molar-refractivity contribution in [2.75, 3.05) is 0 Å². The van der Waals surface area contributed by atoms with Crippen LogP contribution in [0.2, 0.25) is 0 Å².